The van der Waals surface area contributed by atoms with E-state index in [1.54, 1.807) is 10.6 Å². The largest absolute Gasteiger partial charge is 0.477 e. The number of nitrogens with zero attached hydrogens (tertiary/aromatic N) is 4. The van der Waals surface area contributed by atoms with E-state index in [0.717, 1.165) is 12.8 Å². The zero-order chi connectivity index (χ0) is 12.3. The van der Waals surface area contributed by atoms with Crippen molar-refractivity contribution in [2.75, 3.05) is 6.61 Å². The van der Waals surface area contributed by atoms with Crippen molar-refractivity contribution in [2.24, 2.45) is 5.92 Å². The van der Waals surface area contributed by atoms with E-state index in [1.807, 2.05) is 0 Å². The molecular weight excluding hydrogens is 240 g/mol. The molecule has 0 atom stereocenters. The van der Waals surface area contributed by atoms with Crippen molar-refractivity contribution in [3.05, 3.63) is 17.5 Å². The Bertz CT molecular complexity index is 497. The Kier molecular flexibility index (Phi) is 3.78. The normalized spacial score (nSPS) is 11.3. The predicted octanol–water partition coefficient (Wildman–Crippen LogP) is 2.59. The van der Waals surface area contributed by atoms with Gasteiger partial charge in [-0.2, -0.15) is 19.6 Å². The minimum Gasteiger partial charge on any atom is -0.477 e. The second kappa shape index (κ2) is 5.31. The smallest absolute Gasteiger partial charge is 0.256 e. The van der Waals surface area contributed by atoms with Gasteiger partial charge in [0.15, 0.2) is 0 Å². The van der Waals surface area contributed by atoms with Gasteiger partial charge in [-0.1, -0.05) is 25.4 Å². The number of fused-ring (bicyclic) bond motifs is 1. The van der Waals surface area contributed by atoms with Gasteiger partial charge in [0.05, 0.1) is 6.61 Å². The lowest BCUT2D eigenvalue weighted by molar-refractivity contribution is 0.280. The lowest BCUT2D eigenvalue weighted by Crippen LogP contribution is -2.05. The van der Waals surface area contributed by atoms with Crippen LogP contribution in [0.25, 0.3) is 5.78 Å². The molecule has 0 amide bonds. The maximum Gasteiger partial charge on any atom is 0.256 e. The van der Waals surface area contributed by atoms with E-state index in [2.05, 4.69) is 28.9 Å². The van der Waals surface area contributed by atoms with Crippen LogP contribution in [-0.4, -0.2) is 26.2 Å². The van der Waals surface area contributed by atoms with Crippen molar-refractivity contribution in [1.82, 2.24) is 19.6 Å². The highest BCUT2D eigenvalue weighted by molar-refractivity contribution is 6.29. The van der Waals surface area contributed by atoms with Gasteiger partial charge in [0.2, 0.25) is 5.88 Å². The molecule has 0 aliphatic rings. The topological polar surface area (TPSA) is 52.3 Å². The predicted molar refractivity (Wildman–Crippen MR) is 65.4 cm³/mol. The second-order valence-corrected chi connectivity index (χ2v) is 4.66. The Balaban J connectivity index is 2.04. The highest BCUT2D eigenvalue weighted by Gasteiger charge is 2.07. The van der Waals surface area contributed by atoms with Crippen LogP contribution in [0.1, 0.15) is 26.7 Å². The Morgan fingerprint density at radius 1 is 1.47 bits per heavy atom. The van der Waals surface area contributed by atoms with Gasteiger partial charge in [0.25, 0.3) is 5.78 Å². The SMILES string of the molecule is CC(C)CCCOc1cc(Cl)nc2ncnn12. The summed E-state index contributed by atoms with van der Waals surface area (Å²) in [6, 6.07) is 1.65. The van der Waals surface area contributed by atoms with Gasteiger partial charge in [0.1, 0.15) is 11.5 Å². The number of hydrogen-bond donors (Lipinski definition) is 0. The van der Waals surface area contributed by atoms with Gasteiger partial charge in [-0.05, 0) is 18.8 Å². The molecule has 0 spiro atoms. The summed E-state index contributed by atoms with van der Waals surface area (Å²) in [5.74, 6) is 1.73. The number of rotatable bonds is 5. The zero-order valence-electron chi connectivity index (χ0n) is 9.93. The van der Waals surface area contributed by atoms with Crippen molar-refractivity contribution in [3.63, 3.8) is 0 Å². The molecule has 0 radical (unpaired) electrons. The van der Waals surface area contributed by atoms with Gasteiger partial charge in [0, 0.05) is 6.07 Å². The summed E-state index contributed by atoms with van der Waals surface area (Å²) in [4.78, 5) is 8.00. The average molecular weight is 255 g/mol. The summed E-state index contributed by atoms with van der Waals surface area (Å²) in [5, 5.41) is 4.40. The molecule has 17 heavy (non-hydrogen) atoms. The third kappa shape index (κ3) is 3.06. The van der Waals surface area contributed by atoms with Crippen LogP contribution in [-0.2, 0) is 0 Å². The molecule has 0 fully saturated rings. The number of hydrogen-bond acceptors (Lipinski definition) is 4. The number of halogens is 1. The van der Waals surface area contributed by atoms with Crippen LogP contribution in [0.2, 0.25) is 5.15 Å². The van der Waals surface area contributed by atoms with Crippen LogP contribution in [0.3, 0.4) is 0 Å². The van der Waals surface area contributed by atoms with E-state index in [9.17, 15) is 0 Å². The zero-order valence-corrected chi connectivity index (χ0v) is 10.7. The van der Waals surface area contributed by atoms with Crippen LogP contribution in [0, 0.1) is 5.92 Å². The van der Waals surface area contributed by atoms with Crippen LogP contribution in [0.5, 0.6) is 5.88 Å². The monoisotopic (exact) mass is 254 g/mol. The van der Waals surface area contributed by atoms with Crippen LogP contribution in [0.4, 0.5) is 0 Å². The average Bonchev–Trinajstić information content (AvgIpc) is 2.71. The molecule has 6 heteroatoms. The fourth-order valence-electron chi connectivity index (χ4n) is 1.53. The van der Waals surface area contributed by atoms with E-state index >= 15 is 0 Å². The van der Waals surface area contributed by atoms with Gasteiger partial charge < -0.3 is 4.74 Å². The van der Waals surface area contributed by atoms with Gasteiger partial charge in [-0.3, -0.25) is 0 Å². The first kappa shape index (κ1) is 12.1. The lowest BCUT2D eigenvalue weighted by Gasteiger charge is -2.08. The molecule has 2 aromatic heterocycles. The summed E-state index contributed by atoms with van der Waals surface area (Å²) in [5.41, 5.74) is 0. The lowest BCUT2D eigenvalue weighted by atomic mass is 10.1. The van der Waals surface area contributed by atoms with Crippen LogP contribution in [0.15, 0.2) is 12.4 Å². The maximum atomic E-state index is 5.87. The maximum absolute atomic E-state index is 5.87. The fraction of sp³-hybridized carbons (Fsp3) is 0.545. The molecule has 0 N–H and O–H groups in total. The molecule has 0 saturated carbocycles. The highest BCUT2D eigenvalue weighted by atomic mass is 35.5. The highest BCUT2D eigenvalue weighted by Crippen LogP contribution is 2.17. The fourth-order valence-corrected chi connectivity index (χ4v) is 1.70. The first-order chi connectivity index (χ1) is 8.16. The minimum absolute atomic E-state index is 0.365. The van der Waals surface area contributed by atoms with Gasteiger partial charge in [-0.25, -0.2) is 0 Å². The van der Waals surface area contributed by atoms with Crippen LogP contribution >= 0.6 is 11.6 Å². The second-order valence-electron chi connectivity index (χ2n) is 4.27. The van der Waals surface area contributed by atoms with E-state index < -0.39 is 0 Å². The minimum atomic E-state index is 0.365. The van der Waals surface area contributed by atoms with Crippen molar-refractivity contribution in [3.8, 4) is 5.88 Å². The third-order valence-corrected chi connectivity index (χ3v) is 2.56. The van der Waals surface area contributed by atoms with Crippen molar-refractivity contribution >= 4 is 17.4 Å². The van der Waals surface area contributed by atoms with E-state index in [4.69, 9.17) is 16.3 Å². The van der Waals surface area contributed by atoms with E-state index in [0.29, 0.717) is 29.3 Å². The summed E-state index contributed by atoms with van der Waals surface area (Å²) in [7, 11) is 0. The molecule has 0 aromatic carbocycles. The summed E-state index contributed by atoms with van der Waals surface area (Å²) >= 11 is 5.87. The first-order valence-electron chi connectivity index (χ1n) is 5.66. The molecule has 5 nitrogen and oxygen atoms in total. The summed E-state index contributed by atoms with van der Waals surface area (Å²) in [6.07, 6.45) is 3.58. The Morgan fingerprint density at radius 2 is 2.29 bits per heavy atom. The van der Waals surface area contributed by atoms with Crippen molar-refractivity contribution in [2.45, 2.75) is 26.7 Å². The Labute approximate surface area is 105 Å². The number of aromatic nitrogens is 4. The first-order valence-corrected chi connectivity index (χ1v) is 6.03. The Morgan fingerprint density at radius 3 is 3.06 bits per heavy atom. The summed E-state index contributed by atoms with van der Waals surface area (Å²) in [6.45, 7) is 5.03. The molecular formula is C11H15ClN4O. The molecule has 0 unspecified atom stereocenters. The molecule has 0 bridgehead atoms. The van der Waals surface area contributed by atoms with Gasteiger partial charge >= 0.3 is 0 Å². The molecule has 0 saturated heterocycles. The molecule has 0 aliphatic carbocycles. The molecule has 0 aliphatic heterocycles. The van der Waals surface area contributed by atoms with Crippen LogP contribution < -0.4 is 4.74 Å². The van der Waals surface area contributed by atoms with Crippen molar-refractivity contribution in [1.29, 1.82) is 0 Å². The van der Waals surface area contributed by atoms with E-state index in [1.165, 1.54) is 6.33 Å². The quantitative estimate of drug-likeness (QED) is 0.608. The molecule has 92 valence electrons. The summed E-state index contributed by atoms with van der Waals surface area (Å²) < 4.78 is 7.19. The number of ether oxygens (including phenoxy) is 1. The Hall–Kier alpha value is -1.36. The standard InChI is InChI=1S/C11H15ClN4O/c1-8(2)4-3-5-17-10-6-9(12)15-11-13-7-14-16(10)11/h6-8H,3-5H2,1-2H3. The molecule has 2 aromatic rings. The molecule has 2 heterocycles. The van der Waals surface area contributed by atoms with Gasteiger partial charge in [-0.15, -0.1) is 0 Å². The molecule has 2 rings (SSSR count). The van der Waals surface area contributed by atoms with E-state index in [-0.39, 0.29) is 0 Å². The van der Waals surface area contributed by atoms with Crippen molar-refractivity contribution < 1.29 is 4.74 Å². The third-order valence-electron chi connectivity index (χ3n) is 2.36.